The molecule has 3 rings (SSSR count). The average Bonchev–Trinajstić information content (AvgIpc) is 3.09. The molecule has 2 aliphatic carbocycles. The molecule has 4 atom stereocenters. The van der Waals surface area contributed by atoms with Crippen molar-refractivity contribution in [2.45, 2.75) is 26.2 Å². The monoisotopic (exact) mass is 317 g/mol. The number of nitrogens with one attached hydrogen (secondary N) is 1. The molecule has 0 spiro atoms. The number of carbonyl (C=O) groups is 3. The van der Waals surface area contributed by atoms with Crippen molar-refractivity contribution in [2.75, 3.05) is 5.32 Å². The Bertz CT molecular complexity index is 684. The van der Waals surface area contributed by atoms with Crippen molar-refractivity contribution in [1.82, 2.24) is 0 Å². The van der Waals surface area contributed by atoms with Gasteiger partial charge in [-0.05, 0) is 55.7 Å². The van der Waals surface area contributed by atoms with E-state index in [9.17, 15) is 19.5 Å². The fourth-order valence-corrected chi connectivity index (χ4v) is 4.13. The van der Waals surface area contributed by atoms with Crippen LogP contribution in [-0.2, 0) is 9.59 Å². The maximum Gasteiger partial charge on any atom is 0.335 e. The summed E-state index contributed by atoms with van der Waals surface area (Å²) in [6.45, 7) is 1.77. The van der Waals surface area contributed by atoms with Crippen molar-refractivity contribution in [1.29, 1.82) is 0 Å². The number of hydrogen-bond acceptors (Lipinski definition) is 3. The molecule has 6 heteroatoms. The lowest BCUT2D eigenvalue weighted by Gasteiger charge is -2.27. The van der Waals surface area contributed by atoms with Crippen molar-refractivity contribution in [3.05, 3.63) is 29.3 Å². The normalized spacial score (nSPS) is 28.6. The fourth-order valence-electron chi connectivity index (χ4n) is 4.13. The van der Waals surface area contributed by atoms with Crippen LogP contribution in [-0.4, -0.2) is 28.1 Å². The molecule has 2 saturated carbocycles. The number of benzene rings is 1. The summed E-state index contributed by atoms with van der Waals surface area (Å²) in [5, 5.41) is 21.2. The third-order valence-electron chi connectivity index (χ3n) is 5.25. The smallest absolute Gasteiger partial charge is 0.335 e. The second kappa shape index (κ2) is 5.68. The van der Waals surface area contributed by atoms with Crippen molar-refractivity contribution < 1.29 is 24.6 Å². The van der Waals surface area contributed by atoms with Crippen molar-refractivity contribution in [3.8, 4) is 0 Å². The van der Waals surface area contributed by atoms with E-state index in [1.165, 1.54) is 12.1 Å². The number of fused-ring (bicyclic) bond motifs is 2. The van der Waals surface area contributed by atoms with E-state index in [-0.39, 0.29) is 23.3 Å². The van der Waals surface area contributed by atoms with E-state index in [0.29, 0.717) is 5.69 Å². The van der Waals surface area contributed by atoms with E-state index in [4.69, 9.17) is 5.11 Å². The molecule has 0 radical (unpaired) electrons. The first-order chi connectivity index (χ1) is 10.9. The average molecular weight is 317 g/mol. The van der Waals surface area contributed by atoms with Gasteiger partial charge in [0.05, 0.1) is 17.4 Å². The van der Waals surface area contributed by atoms with Crippen LogP contribution in [0.25, 0.3) is 0 Å². The van der Waals surface area contributed by atoms with Crippen LogP contribution in [0.2, 0.25) is 0 Å². The van der Waals surface area contributed by atoms with Gasteiger partial charge in [-0.25, -0.2) is 4.79 Å². The lowest BCUT2D eigenvalue weighted by Crippen LogP contribution is -2.38. The summed E-state index contributed by atoms with van der Waals surface area (Å²) in [5.41, 5.74) is 1.27. The Morgan fingerprint density at radius 3 is 2.35 bits per heavy atom. The summed E-state index contributed by atoms with van der Waals surface area (Å²) in [4.78, 5) is 35.2. The van der Waals surface area contributed by atoms with Crippen LogP contribution in [0.1, 0.15) is 35.2 Å². The molecule has 0 aromatic heterocycles. The Morgan fingerprint density at radius 1 is 1.09 bits per heavy atom. The first-order valence-electron chi connectivity index (χ1n) is 7.76. The van der Waals surface area contributed by atoms with Crippen molar-refractivity contribution in [2.24, 2.45) is 23.7 Å². The topological polar surface area (TPSA) is 104 Å². The second-order valence-electron chi connectivity index (χ2n) is 6.55. The van der Waals surface area contributed by atoms with Gasteiger partial charge in [0, 0.05) is 5.69 Å². The van der Waals surface area contributed by atoms with Crippen LogP contribution in [0.3, 0.4) is 0 Å². The summed E-state index contributed by atoms with van der Waals surface area (Å²) in [6, 6.07) is 4.53. The molecule has 6 nitrogen and oxygen atoms in total. The molecule has 1 aromatic carbocycles. The zero-order valence-corrected chi connectivity index (χ0v) is 12.8. The van der Waals surface area contributed by atoms with Crippen LogP contribution in [0.15, 0.2) is 18.2 Å². The quantitative estimate of drug-likeness (QED) is 0.791. The third-order valence-corrected chi connectivity index (χ3v) is 5.25. The Morgan fingerprint density at radius 2 is 1.74 bits per heavy atom. The minimum atomic E-state index is -1.07. The molecule has 23 heavy (non-hydrogen) atoms. The first-order valence-corrected chi connectivity index (χ1v) is 7.76. The highest BCUT2D eigenvalue weighted by Crippen LogP contribution is 2.52. The summed E-state index contributed by atoms with van der Waals surface area (Å²) in [6.07, 6.45) is 2.56. The minimum absolute atomic E-state index is 0.0831. The molecule has 3 N–H and O–H groups in total. The molecule has 2 fully saturated rings. The van der Waals surface area contributed by atoms with E-state index in [0.717, 1.165) is 24.8 Å². The molecular weight excluding hydrogens is 298 g/mol. The first kappa shape index (κ1) is 15.5. The highest BCUT2D eigenvalue weighted by atomic mass is 16.4. The summed E-state index contributed by atoms with van der Waals surface area (Å²) < 4.78 is 0. The lowest BCUT2D eigenvalue weighted by atomic mass is 9.78. The SMILES string of the molecule is Cc1ccc(C(=O)O)cc1NC(=O)[C@H]1[C@H]2CC[C@@H](C2)[C@H]1C(=O)O. The fraction of sp³-hybridized carbons (Fsp3) is 0.471. The highest BCUT2D eigenvalue weighted by Gasteiger charge is 2.54. The van der Waals surface area contributed by atoms with Gasteiger partial charge in [-0.15, -0.1) is 0 Å². The number of anilines is 1. The predicted octanol–water partition coefficient (Wildman–Crippen LogP) is 2.38. The van der Waals surface area contributed by atoms with Crippen molar-refractivity contribution in [3.63, 3.8) is 0 Å². The van der Waals surface area contributed by atoms with E-state index >= 15 is 0 Å². The standard InChI is InChI=1S/C17H19NO5/c1-8-2-3-11(16(20)21)7-12(8)18-15(19)13-9-4-5-10(6-9)14(13)17(22)23/h2-3,7,9-10,13-14H,4-6H2,1H3,(H,18,19)(H,20,21)(H,22,23)/t9-,10-,13-,14+/m0/s1. The second-order valence-corrected chi connectivity index (χ2v) is 6.55. The van der Waals surface area contributed by atoms with Gasteiger partial charge in [0.1, 0.15) is 0 Å². The van der Waals surface area contributed by atoms with Crippen LogP contribution >= 0.6 is 0 Å². The minimum Gasteiger partial charge on any atom is -0.481 e. The number of aryl methyl sites for hydroxylation is 1. The number of aromatic carboxylic acids is 1. The van der Waals surface area contributed by atoms with Gasteiger partial charge in [0.2, 0.25) is 5.91 Å². The molecule has 2 bridgehead atoms. The van der Waals surface area contributed by atoms with Gasteiger partial charge >= 0.3 is 11.9 Å². The number of hydrogen-bond donors (Lipinski definition) is 3. The van der Waals surface area contributed by atoms with Gasteiger partial charge in [0.15, 0.2) is 0 Å². The zero-order chi connectivity index (χ0) is 16.7. The maximum atomic E-state index is 12.6. The molecular formula is C17H19NO5. The Labute approximate surface area is 133 Å². The number of carboxylic acids is 2. The van der Waals surface area contributed by atoms with Gasteiger partial charge in [-0.2, -0.15) is 0 Å². The Kier molecular flexibility index (Phi) is 3.83. The number of rotatable bonds is 4. The number of amides is 1. The van der Waals surface area contributed by atoms with Gasteiger partial charge in [0.25, 0.3) is 0 Å². The number of aliphatic carboxylic acids is 1. The third kappa shape index (κ3) is 2.69. The van der Waals surface area contributed by atoms with Crippen LogP contribution < -0.4 is 5.32 Å². The summed E-state index contributed by atoms with van der Waals surface area (Å²) in [7, 11) is 0. The molecule has 122 valence electrons. The zero-order valence-electron chi connectivity index (χ0n) is 12.8. The number of carboxylic acid groups (broad SMARTS) is 2. The summed E-state index contributed by atoms with van der Waals surface area (Å²) in [5.74, 6) is -3.24. The molecule has 2 aliphatic rings. The molecule has 0 unspecified atom stereocenters. The maximum absolute atomic E-state index is 12.6. The molecule has 0 saturated heterocycles. The summed E-state index contributed by atoms with van der Waals surface area (Å²) >= 11 is 0. The van der Waals surface area contributed by atoms with Crippen LogP contribution in [0, 0.1) is 30.6 Å². The Hall–Kier alpha value is -2.37. The molecule has 1 aromatic rings. The largest absolute Gasteiger partial charge is 0.481 e. The van der Waals surface area contributed by atoms with Crippen LogP contribution in [0.5, 0.6) is 0 Å². The van der Waals surface area contributed by atoms with Crippen molar-refractivity contribution >= 4 is 23.5 Å². The number of carbonyl (C=O) groups excluding carboxylic acids is 1. The molecule has 1 amide bonds. The van der Waals surface area contributed by atoms with Gasteiger partial charge in [-0.3, -0.25) is 9.59 Å². The van der Waals surface area contributed by atoms with Gasteiger partial charge < -0.3 is 15.5 Å². The van der Waals surface area contributed by atoms with E-state index in [2.05, 4.69) is 5.32 Å². The van der Waals surface area contributed by atoms with E-state index < -0.39 is 23.8 Å². The van der Waals surface area contributed by atoms with Gasteiger partial charge in [-0.1, -0.05) is 6.07 Å². The lowest BCUT2D eigenvalue weighted by molar-refractivity contribution is -0.148. The molecule has 0 heterocycles. The van der Waals surface area contributed by atoms with Crippen LogP contribution in [0.4, 0.5) is 5.69 Å². The predicted molar refractivity (Wildman–Crippen MR) is 82.2 cm³/mol. The van der Waals surface area contributed by atoms with E-state index in [1.807, 2.05) is 0 Å². The molecule has 0 aliphatic heterocycles. The van der Waals surface area contributed by atoms with E-state index in [1.54, 1.807) is 13.0 Å². The highest BCUT2D eigenvalue weighted by molar-refractivity contribution is 5.98. The Balaban J connectivity index is 1.83.